The fourth-order valence-electron chi connectivity index (χ4n) is 2.55. The highest BCUT2D eigenvalue weighted by Gasteiger charge is 2.30. The lowest BCUT2D eigenvalue weighted by Gasteiger charge is -2.31. The zero-order valence-corrected chi connectivity index (χ0v) is 15.1. The van der Waals surface area contributed by atoms with Gasteiger partial charge in [0, 0.05) is 5.54 Å². The second-order valence-corrected chi connectivity index (χ2v) is 8.11. The molecule has 1 amide bonds. The number of rotatable bonds is 9. The minimum atomic E-state index is -3.33. The fraction of sp³-hybridized carbons (Fsp3) is 0.529. The van der Waals surface area contributed by atoms with E-state index in [-0.39, 0.29) is 29.4 Å². The summed E-state index contributed by atoms with van der Waals surface area (Å²) in [5, 5.41) is 11.9. The molecule has 0 aliphatic carbocycles. The summed E-state index contributed by atoms with van der Waals surface area (Å²) in [6.07, 6.45) is 0.877. The van der Waals surface area contributed by atoms with Gasteiger partial charge in [-0.1, -0.05) is 32.9 Å². The Labute approximate surface area is 143 Å². The number of benzene rings is 1. The maximum atomic E-state index is 12.3. The van der Waals surface area contributed by atoms with Gasteiger partial charge >= 0.3 is 5.97 Å². The van der Waals surface area contributed by atoms with Gasteiger partial charge in [0.15, 0.2) is 9.84 Å². The molecule has 1 aromatic rings. The zero-order chi connectivity index (χ0) is 18.4. The Morgan fingerprint density at radius 3 is 2.29 bits per heavy atom. The number of aliphatic carboxylic acids is 1. The van der Waals surface area contributed by atoms with Gasteiger partial charge in [0.05, 0.1) is 23.5 Å². The third-order valence-electron chi connectivity index (χ3n) is 4.25. The minimum absolute atomic E-state index is 0.00393. The van der Waals surface area contributed by atoms with Crippen molar-refractivity contribution in [1.82, 2.24) is 5.32 Å². The summed E-state index contributed by atoms with van der Waals surface area (Å²) >= 11 is 0. The quantitative estimate of drug-likeness (QED) is 0.707. The molecule has 1 rings (SSSR count). The first-order valence-electron chi connectivity index (χ1n) is 8.02. The topological polar surface area (TPSA) is 101 Å². The molecule has 2 N–H and O–H groups in total. The number of carbonyl (C=O) groups excluding carboxylic acids is 1. The van der Waals surface area contributed by atoms with Crippen molar-refractivity contribution in [3.63, 3.8) is 0 Å². The second kappa shape index (κ2) is 8.28. The molecule has 0 bridgehead atoms. The number of hydrogen-bond donors (Lipinski definition) is 2. The van der Waals surface area contributed by atoms with Crippen LogP contribution in [0.4, 0.5) is 0 Å². The molecule has 134 valence electrons. The number of nitrogens with one attached hydrogen (secondary N) is 1. The van der Waals surface area contributed by atoms with E-state index in [0.29, 0.717) is 18.4 Å². The van der Waals surface area contributed by atoms with Crippen molar-refractivity contribution < 1.29 is 23.1 Å². The molecular weight excluding hydrogens is 330 g/mol. The maximum absolute atomic E-state index is 12.3. The van der Waals surface area contributed by atoms with Crippen molar-refractivity contribution in [2.75, 3.05) is 5.75 Å². The van der Waals surface area contributed by atoms with Crippen LogP contribution in [-0.2, 0) is 25.8 Å². The minimum Gasteiger partial charge on any atom is -0.481 e. The molecule has 0 saturated heterocycles. The van der Waals surface area contributed by atoms with Crippen LogP contribution in [0.1, 0.15) is 45.6 Å². The predicted molar refractivity (Wildman–Crippen MR) is 91.6 cm³/mol. The van der Waals surface area contributed by atoms with Gasteiger partial charge in [-0.25, -0.2) is 8.42 Å². The summed E-state index contributed by atoms with van der Waals surface area (Å²) in [5.74, 6) is -1.28. The third kappa shape index (κ3) is 5.33. The molecular formula is C17H25NO5S. The van der Waals surface area contributed by atoms with E-state index in [1.165, 1.54) is 12.1 Å². The van der Waals surface area contributed by atoms with Crippen LogP contribution in [0.2, 0.25) is 0 Å². The average molecular weight is 355 g/mol. The summed E-state index contributed by atoms with van der Waals surface area (Å²) in [6, 6.07) is 6.29. The van der Waals surface area contributed by atoms with Gasteiger partial charge in [0.1, 0.15) is 0 Å². The third-order valence-corrected chi connectivity index (χ3v) is 5.98. The molecule has 0 aliphatic rings. The molecule has 24 heavy (non-hydrogen) atoms. The lowest BCUT2D eigenvalue weighted by molar-refractivity contribution is -0.139. The number of carboxylic acids is 1. The standard InChI is InChI=1S/C17H25NO5S/c1-4-17(5-2,12-16(20)21)18-15(19)11-13-8-7-9-14(10-13)24(22,23)6-3/h7-10H,4-6,11-12H2,1-3H3,(H,18,19)(H,20,21). The largest absolute Gasteiger partial charge is 0.481 e. The Balaban J connectivity index is 2.91. The molecule has 0 atom stereocenters. The fourth-order valence-corrected chi connectivity index (χ4v) is 3.50. The van der Waals surface area contributed by atoms with Gasteiger partial charge in [-0.05, 0) is 30.5 Å². The van der Waals surface area contributed by atoms with E-state index >= 15 is 0 Å². The van der Waals surface area contributed by atoms with Crippen LogP contribution in [-0.4, -0.2) is 36.7 Å². The Morgan fingerprint density at radius 2 is 1.79 bits per heavy atom. The lowest BCUT2D eigenvalue weighted by Crippen LogP contribution is -2.49. The smallest absolute Gasteiger partial charge is 0.305 e. The summed E-state index contributed by atoms with van der Waals surface area (Å²) in [7, 11) is -3.33. The first kappa shape index (κ1) is 20.2. The van der Waals surface area contributed by atoms with Crippen molar-refractivity contribution in [2.45, 2.75) is 56.9 Å². The summed E-state index contributed by atoms with van der Waals surface area (Å²) in [4.78, 5) is 23.5. The van der Waals surface area contributed by atoms with Crippen molar-refractivity contribution >= 4 is 21.7 Å². The van der Waals surface area contributed by atoms with Crippen LogP contribution in [0, 0.1) is 0 Å². The van der Waals surface area contributed by atoms with E-state index in [2.05, 4.69) is 5.32 Å². The highest BCUT2D eigenvalue weighted by Crippen LogP contribution is 2.20. The number of hydrogen-bond acceptors (Lipinski definition) is 4. The highest BCUT2D eigenvalue weighted by atomic mass is 32.2. The summed E-state index contributed by atoms with van der Waals surface area (Å²) < 4.78 is 23.8. The van der Waals surface area contributed by atoms with Crippen molar-refractivity contribution in [3.05, 3.63) is 29.8 Å². The molecule has 1 aromatic carbocycles. The van der Waals surface area contributed by atoms with Crippen LogP contribution < -0.4 is 5.32 Å². The summed E-state index contributed by atoms with van der Waals surface area (Å²) in [6.45, 7) is 5.24. The summed E-state index contributed by atoms with van der Waals surface area (Å²) in [5.41, 5.74) is -0.200. The zero-order valence-electron chi connectivity index (χ0n) is 14.3. The van der Waals surface area contributed by atoms with Gasteiger partial charge in [0.25, 0.3) is 0 Å². The van der Waals surface area contributed by atoms with E-state index in [4.69, 9.17) is 5.11 Å². The molecule has 6 nitrogen and oxygen atoms in total. The molecule has 0 radical (unpaired) electrons. The molecule has 0 aliphatic heterocycles. The van der Waals surface area contributed by atoms with Gasteiger partial charge in [-0.2, -0.15) is 0 Å². The van der Waals surface area contributed by atoms with Gasteiger partial charge in [-0.15, -0.1) is 0 Å². The van der Waals surface area contributed by atoms with Gasteiger partial charge < -0.3 is 10.4 Å². The van der Waals surface area contributed by atoms with E-state index in [0.717, 1.165) is 0 Å². The lowest BCUT2D eigenvalue weighted by atomic mass is 9.88. The van der Waals surface area contributed by atoms with Gasteiger partial charge in [0.2, 0.25) is 5.91 Å². The van der Waals surface area contributed by atoms with Crippen molar-refractivity contribution in [3.8, 4) is 0 Å². The Hall–Kier alpha value is -1.89. The van der Waals surface area contributed by atoms with E-state index in [1.807, 2.05) is 13.8 Å². The first-order chi connectivity index (χ1) is 11.2. The molecule has 0 aromatic heterocycles. The van der Waals surface area contributed by atoms with Crippen molar-refractivity contribution in [1.29, 1.82) is 0 Å². The predicted octanol–water partition coefficient (Wildman–Crippen LogP) is 2.17. The van der Waals surface area contributed by atoms with Crippen LogP contribution >= 0.6 is 0 Å². The average Bonchev–Trinajstić information content (AvgIpc) is 2.53. The van der Waals surface area contributed by atoms with Gasteiger partial charge in [-0.3, -0.25) is 9.59 Å². The van der Waals surface area contributed by atoms with Crippen LogP contribution in [0.25, 0.3) is 0 Å². The molecule has 0 fully saturated rings. The SMILES string of the molecule is CCC(CC)(CC(=O)O)NC(=O)Cc1cccc(S(=O)(=O)CC)c1. The first-order valence-corrected chi connectivity index (χ1v) is 9.67. The Bertz CT molecular complexity index is 693. The maximum Gasteiger partial charge on any atom is 0.305 e. The molecule has 0 spiro atoms. The van der Waals surface area contributed by atoms with Crippen LogP contribution in [0.5, 0.6) is 0 Å². The number of carboxylic acid groups (broad SMARTS) is 1. The Morgan fingerprint density at radius 1 is 1.17 bits per heavy atom. The highest BCUT2D eigenvalue weighted by molar-refractivity contribution is 7.91. The van der Waals surface area contributed by atoms with E-state index in [9.17, 15) is 18.0 Å². The normalized spacial score (nSPS) is 12.0. The number of sulfone groups is 1. The Kier molecular flexibility index (Phi) is 6.95. The van der Waals surface area contributed by atoms with Crippen LogP contribution in [0.15, 0.2) is 29.2 Å². The van der Waals surface area contributed by atoms with E-state index in [1.54, 1.807) is 19.1 Å². The van der Waals surface area contributed by atoms with E-state index < -0.39 is 21.3 Å². The molecule has 0 unspecified atom stereocenters. The molecule has 0 heterocycles. The van der Waals surface area contributed by atoms with Crippen molar-refractivity contribution in [2.24, 2.45) is 0 Å². The molecule has 7 heteroatoms. The second-order valence-electron chi connectivity index (χ2n) is 5.83. The number of carbonyl (C=O) groups is 2. The van der Waals surface area contributed by atoms with Crippen LogP contribution in [0.3, 0.4) is 0 Å². The monoisotopic (exact) mass is 355 g/mol. The number of amides is 1. The molecule has 0 saturated carbocycles.